The highest BCUT2D eigenvalue weighted by atomic mass is 16.4. The molecule has 0 aliphatic rings. The lowest BCUT2D eigenvalue weighted by molar-refractivity contribution is -0.145. The molecule has 1 aromatic rings. The van der Waals surface area contributed by atoms with Crippen LogP contribution in [0.1, 0.15) is 38.2 Å². The fourth-order valence-corrected chi connectivity index (χ4v) is 2.14. The SMILES string of the molecule is CCCC(C(=O)N(CC)CC(=O)O)c1ccccc1. The van der Waals surface area contributed by atoms with Crippen molar-refractivity contribution in [2.75, 3.05) is 13.1 Å². The molecule has 0 spiro atoms. The number of likely N-dealkylation sites (N-methyl/N-ethyl adjacent to an activating group) is 1. The van der Waals surface area contributed by atoms with Crippen molar-refractivity contribution in [2.24, 2.45) is 0 Å². The topological polar surface area (TPSA) is 57.6 Å². The van der Waals surface area contributed by atoms with Gasteiger partial charge in [-0.1, -0.05) is 43.7 Å². The summed E-state index contributed by atoms with van der Waals surface area (Å²) >= 11 is 0. The summed E-state index contributed by atoms with van der Waals surface area (Å²) in [5.74, 6) is -1.32. The van der Waals surface area contributed by atoms with E-state index in [-0.39, 0.29) is 18.4 Å². The number of hydrogen-bond donors (Lipinski definition) is 1. The van der Waals surface area contributed by atoms with Gasteiger partial charge in [0.15, 0.2) is 0 Å². The molecule has 0 aromatic heterocycles. The van der Waals surface area contributed by atoms with Crippen molar-refractivity contribution in [3.05, 3.63) is 35.9 Å². The third-order valence-corrected chi connectivity index (χ3v) is 3.10. The maximum absolute atomic E-state index is 12.5. The van der Waals surface area contributed by atoms with E-state index in [2.05, 4.69) is 0 Å². The molecule has 4 heteroatoms. The Kier molecular flexibility index (Phi) is 6.06. The molecule has 104 valence electrons. The minimum Gasteiger partial charge on any atom is -0.480 e. The summed E-state index contributed by atoms with van der Waals surface area (Å²) in [7, 11) is 0. The maximum Gasteiger partial charge on any atom is 0.323 e. The van der Waals surface area contributed by atoms with Gasteiger partial charge in [0.1, 0.15) is 6.54 Å². The molecule has 1 unspecified atom stereocenters. The standard InChI is InChI=1S/C15H21NO3/c1-3-8-13(12-9-6-5-7-10-12)15(19)16(4-2)11-14(17)18/h5-7,9-10,13H,3-4,8,11H2,1-2H3,(H,17,18). The van der Waals surface area contributed by atoms with Crippen LogP contribution in [0.5, 0.6) is 0 Å². The summed E-state index contributed by atoms with van der Waals surface area (Å²) < 4.78 is 0. The molecule has 0 fully saturated rings. The van der Waals surface area contributed by atoms with Crippen LogP contribution < -0.4 is 0 Å². The highest BCUT2D eigenvalue weighted by Gasteiger charge is 2.25. The number of carbonyl (C=O) groups excluding carboxylic acids is 1. The van der Waals surface area contributed by atoms with Crippen LogP contribution in [0.2, 0.25) is 0 Å². The van der Waals surface area contributed by atoms with E-state index in [0.29, 0.717) is 6.54 Å². The molecule has 0 radical (unpaired) electrons. The number of carboxylic acid groups (broad SMARTS) is 1. The third-order valence-electron chi connectivity index (χ3n) is 3.10. The third kappa shape index (κ3) is 4.39. The average molecular weight is 263 g/mol. The molecule has 1 atom stereocenters. The first kappa shape index (κ1) is 15.2. The predicted molar refractivity (Wildman–Crippen MR) is 74.0 cm³/mol. The number of carbonyl (C=O) groups is 2. The second-order valence-corrected chi connectivity index (χ2v) is 4.50. The zero-order chi connectivity index (χ0) is 14.3. The Balaban J connectivity index is 2.91. The van der Waals surface area contributed by atoms with Gasteiger partial charge in [-0.05, 0) is 18.9 Å². The lowest BCUT2D eigenvalue weighted by Crippen LogP contribution is -2.38. The lowest BCUT2D eigenvalue weighted by Gasteiger charge is -2.25. The monoisotopic (exact) mass is 263 g/mol. The van der Waals surface area contributed by atoms with Gasteiger partial charge in [-0.3, -0.25) is 9.59 Å². The summed E-state index contributed by atoms with van der Waals surface area (Å²) in [4.78, 5) is 24.7. The molecule has 1 aromatic carbocycles. The second kappa shape index (κ2) is 7.56. The minimum absolute atomic E-state index is 0.0991. The van der Waals surface area contributed by atoms with Gasteiger partial charge in [0, 0.05) is 6.54 Å². The number of benzene rings is 1. The van der Waals surface area contributed by atoms with Crippen LogP contribution in [0.3, 0.4) is 0 Å². The number of aliphatic carboxylic acids is 1. The van der Waals surface area contributed by atoms with Crippen molar-refractivity contribution >= 4 is 11.9 Å². The van der Waals surface area contributed by atoms with Gasteiger partial charge in [-0.25, -0.2) is 0 Å². The second-order valence-electron chi connectivity index (χ2n) is 4.50. The molecule has 0 saturated carbocycles. The van der Waals surface area contributed by atoms with Crippen molar-refractivity contribution in [1.82, 2.24) is 4.90 Å². The van der Waals surface area contributed by atoms with Crippen LogP contribution in [-0.2, 0) is 9.59 Å². The Labute approximate surface area is 114 Å². The summed E-state index contributed by atoms with van der Waals surface area (Å²) in [5, 5.41) is 8.85. The minimum atomic E-state index is -0.974. The lowest BCUT2D eigenvalue weighted by atomic mass is 9.93. The summed E-state index contributed by atoms with van der Waals surface area (Å²) in [6.07, 6.45) is 1.62. The molecule has 1 amide bonds. The van der Waals surface area contributed by atoms with Crippen molar-refractivity contribution < 1.29 is 14.7 Å². The Morgan fingerprint density at radius 3 is 2.32 bits per heavy atom. The van der Waals surface area contributed by atoms with Gasteiger partial charge in [0.05, 0.1) is 5.92 Å². The maximum atomic E-state index is 12.5. The van der Waals surface area contributed by atoms with Gasteiger partial charge < -0.3 is 10.0 Å². The Morgan fingerprint density at radius 1 is 1.21 bits per heavy atom. The molecule has 1 N–H and O–H groups in total. The van der Waals surface area contributed by atoms with Crippen LogP contribution in [0.15, 0.2) is 30.3 Å². The average Bonchev–Trinajstić information content (AvgIpc) is 2.42. The van der Waals surface area contributed by atoms with E-state index in [0.717, 1.165) is 18.4 Å². The molecule has 0 bridgehead atoms. The molecule has 19 heavy (non-hydrogen) atoms. The van der Waals surface area contributed by atoms with Crippen LogP contribution in [-0.4, -0.2) is 35.0 Å². The Hall–Kier alpha value is -1.84. The van der Waals surface area contributed by atoms with Gasteiger partial charge in [0.25, 0.3) is 0 Å². The highest BCUT2D eigenvalue weighted by Crippen LogP contribution is 2.23. The van der Waals surface area contributed by atoms with Gasteiger partial charge in [-0.15, -0.1) is 0 Å². The van der Waals surface area contributed by atoms with E-state index in [1.165, 1.54) is 4.90 Å². The summed E-state index contributed by atoms with van der Waals surface area (Å²) in [6.45, 7) is 4.01. The van der Waals surface area contributed by atoms with Crippen LogP contribution in [0, 0.1) is 0 Å². The van der Waals surface area contributed by atoms with Crippen molar-refractivity contribution in [3.8, 4) is 0 Å². The Morgan fingerprint density at radius 2 is 1.84 bits per heavy atom. The first-order valence-corrected chi connectivity index (χ1v) is 6.65. The normalized spacial score (nSPS) is 11.9. The fraction of sp³-hybridized carbons (Fsp3) is 0.467. The van der Waals surface area contributed by atoms with E-state index in [1.807, 2.05) is 37.3 Å². The number of hydrogen-bond acceptors (Lipinski definition) is 2. The molecule has 4 nitrogen and oxygen atoms in total. The van der Waals surface area contributed by atoms with Crippen molar-refractivity contribution in [3.63, 3.8) is 0 Å². The van der Waals surface area contributed by atoms with Crippen molar-refractivity contribution in [1.29, 1.82) is 0 Å². The van der Waals surface area contributed by atoms with Gasteiger partial charge in [-0.2, -0.15) is 0 Å². The first-order chi connectivity index (χ1) is 9.10. The number of carboxylic acids is 1. The number of amides is 1. The molecule has 0 saturated heterocycles. The smallest absolute Gasteiger partial charge is 0.323 e. The first-order valence-electron chi connectivity index (χ1n) is 6.65. The molecule has 1 rings (SSSR count). The summed E-state index contributed by atoms with van der Waals surface area (Å²) in [6, 6.07) is 9.56. The molecule has 0 aliphatic carbocycles. The summed E-state index contributed by atoms with van der Waals surface area (Å²) in [5.41, 5.74) is 0.957. The van der Waals surface area contributed by atoms with E-state index >= 15 is 0 Å². The number of nitrogens with zero attached hydrogens (tertiary/aromatic N) is 1. The zero-order valence-electron chi connectivity index (χ0n) is 11.5. The zero-order valence-corrected chi connectivity index (χ0v) is 11.5. The van der Waals surface area contributed by atoms with Crippen LogP contribution in [0.4, 0.5) is 0 Å². The van der Waals surface area contributed by atoms with Gasteiger partial charge >= 0.3 is 5.97 Å². The highest BCUT2D eigenvalue weighted by molar-refractivity contribution is 5.86. The van der Waals surface area contributed by atoms with E-state index in [4.69, 9.17) is 5.11 Å². The molecular formula is C15H21NO3. The van der Waals surface area contributed by atoms with E-state index in [9.17, 15) is 9.59 Å². The molecule has 0 aliphatic heterocycles. The van der Waals surface area contributed by atoms with Crippen LogP contribution in [0.25, 0.3) is 0 Å². The van der Waals surface area contributed by atoms with Crippen molar-refractivity contribution in [2.45, 2.75) is 32.6 Å². The molecular weight excluding hydrogens is 242 g/mol. The quantitative estimate of drug-likeness (QED) is 0.822. The fourth-order valence-electron chi connectivity index (χ4n) is 2.14. The Bertz CT molecular complexity index is 417. The largest absolute Gasteiger partial charge is 0.480 e. The molecule has 0 heterocycles. The number of rotatable bonds is 7. The van der Waals surface area contributed by atoms with Gasteiger partial charge in [0.2, 0.25) is 5.91 Å². The van der Waals surface area contributed by atoms with E-state index in [1.54, 1.807) is 6.92 Å². The van der Waals surface area contributed by atoms with Crippen LogP contribution >= 0.6 is 0 Å². The predicted octanol–water partition coefficient (Wildman–Crippen LogP) is 2.50. The van der Waals surface area contributed by atoms with E-state index < -0.39 is 5.97 Å².